The van der Waals surface area contributed by atoms with Crippen molar-refractivity contribution >= 4 is 11.8 Å². The second kappa shape index (κ2) is 14.4. The second-order valence-corrected chi connectivity index (χ2v) is 11.3. The third-order valence-electron chi connectivity index (χ3n) is 8.02. The van der Waals surface area contributed by atoms with Gasteiger partial charge in [-0.15, -0.1) is 0 Å². The number of carbonyl (C=O) groups is 2. The molecule has 2 heterocycles. The van der Waals surface area contributed by atoms with Gasteiger partial charge in [-0.2, -0.15) is 13.2 Å². The molecular weight excluding hydrogens is 587 g/mol. The van der Waals surface area contributed by atoms with Crippen LogP contribution in [0.25, 0.3) is 0 Å². The lowest BCUT2D eigenvalue weighted by molar-refractivity contribution is -0.168. The van der Waals surface area contributed by atoms with Gasteiger partial charge in [0.15, 0.2) is 0 Å². The summed E-state index contributed by atoms with van der Waals surface area (Å²) in [4.78, 5) is 30.6. The predicted octanol–water partition coefficient (Wildman–Crippen LogP) is 4.18. The van der Waals surface area contributed by atoms with Crippen molar-refractivity contribution in [3.8, 4) is 5.75 Å². The van der Waals surface area contributed by atoms with Crippen molar-refractivity contribution in [1.82, 2.24) is 25.1 Å². The Balaban J connectivity index is 1.35. The van der Waals surface area contributed by atoms with Crippen molar-refractivity contribution in [3.05, 3.63) is 101 Å². The number of nitrogens with one attached hydrogen (secondary N) is 1. The maximum atomic E-state index is 13.9. The molecule has 0 bridgehead atoms. The summed E-state index contributed by atoms with van der Waals surface area (Å²) in [5.74, 6) is -0.468. The number of hydrazine groups is 1. The Bertz CT molecular complexity index is 1440. The number of nitrogens with zero attached hydrogens (tertiary/aromatic N) is 4. The minimum Gasteiger partial charge on any atom is -0.508 e. The van der Waals surface area contributed by atoms with Crippen LogP contribution < -0.4 is 5.32 Å². The van der Waals surface area contributed by atoms with Crippen LogP contribution in [0.4, 0.5) is 13.2 Å². The molecule has 2 N–H and O–H groups in total. The molecule has 240 valence electrons. The molecule has 45 heavy (non-hydrogen) atoms. The van der Waals surface area contributed by atoms with Crippen molar-refractivity contribution in [2.45, 2.75) is 51.2 Å². The van der Waals surface area contributed by atoms with Crippen LogP contribution in [0.2, 0.25) is 0 Å². The van der Waals surface area contributed by atoms with Crippen LogP contribution in [0.5, 0.6) is 5.75 Å². The number of halogens is 3. The number of alkyl halides is 3. The highest BCUT2D eigenvalue weighted by Gasteiger charge is 2.51. The van der Waals surface area contributed by atoms with Gasteiger partial charge in [-0.05, 0) is 47.4 Å². The highest BCUT2D eigenvalue weighted by Crippen LogP contribution is 2.32. The van der Waals surface area contributed by atoms with E-state index in [1.807, 2.05) is 47.3 Å². The number of fused-ring (bicyclic) bond motifs is 1. The summed E-state index contributed by atoms with van der Waals surface area (Å²) in [5.41, 5.74) is 1.44. The average Bonchev–Trinajstić information content (AvgIpc) is 3.35. The zero-order chi connectivity index (χ0) is 32.0. The molecule has 0 unspecified atom stereocenters. The first kappa shape index (κ1) is 32.4. The number of aromatic hydroxyl groups is 1. The summed E-state index contributed by atoms with van der Waals surface area (Å²) in [6.07, 6.45) is -4.06. The molecule has 3 aromatic carbocycles. The van der Waals surface area contributed by atoms with Crippen molar-refractivity contribution in [3.63, 3.8) is 0 Å². The third kappa shape index (κ3) is 8.01. The number of rotatable bonds is 13. The first-order valence-corrected chi connectivity index (χ1v) is 15.0. The van der Waals surface area contributed by atoms with Crippen LogP contribution >= 0.6 is 0 Å². The van der Waals surface area contributed by atoms with Crippen molar-refractivity contribution in [2.75, 3.05) is 33.1 Å². The maximum absolute atomic E-state index is 13.9. The van der Waals surface area contributed by atoms with Gasteiger partial charge in [-0.25, -0.2) is 10.0 Å². The van der Waals surface area contributed by atoms with Gasteiger partial charge in [0.05, 0.1) is 25.4 Å². The topological polar surface area (TPSA) is 88.6 Å². The fourth-order valence-corrected chi connectivity index (χ4v) is 5.89. The van der Waals surface area contributed by atoms with Crippen molar-refractivity contribution in [2.24, 2.45) is 0 Å². The maximum Gasteiger partial charge on any atom is 0.416 e. The van der Waals surface area contributed by atoms with Crippen LogP contribution in [0, 0.1) is 0 Å². The number of carbonyl (C=O) groups excluding carboxylic acids is 2. The van der Waals surface area contributed by atoms with Crippen LogP contribution in [0.15, 0.2) is 78.9 Å². The minimum atomic E-state index is -4.51. The number of phenolic OH excluding ortho intramolecular Hbond substituents is 1. The molecule has 12 heteroatoms. The molecule has 2 atom stereocenters. The normalized spacial score (nSPS) is 19.0. The van der Waals surface area contributed by atoms with E-state index in [-0.39, 0.29) is 57.1 Å². The molecule has 2 aliphatic heterocycles. The predicted molar refractivity (Wildman–Crippen MR) is 161 cm³/mol. The summed E-state index contributed by atoms with van der Waals surface area (Å²) < 4.78 is 46.3. The van der Waals surface area contributed by atoms with E-state index in [0.29, 0.717) is 18.7 Å². The number of amides is 2. The van der Waals surface area contributed by atoms with E-state index in [9.17, 15) is 27.9 Å². The molecule has 0 aromatic heterocycles. The van der Waals surface area contributed by atoms with Gasteiger partial charge in [-0.3, -0.25) is 14.9 Å². The summed E-state index contributed by atoms with van der Waals surface area (Å²) in [5, 5.41) is 16.9. The van der Waals surface area contributed by atoms with Crippen LogP contribution in [0.1, 0.15) is 35.6 Å². The number of hydrogen-bond donors (Lipinski definition) is 2. The highest BCUT2D eigenvalue weighted by molar-refractivity contribution is 5.91. The number of piperazine rings is 1. The summed E-state index contributed by atoms with van der Waals surface area (Å²) in [7, 11) is 0. The fraction of sp³-hybridized carbons (Fsp3) is 0.394. The van der Waals surface area contributed by atoms with Crippen LogP contribution in [0.3, 0.4) is 0 Å². The molecule has 0 aliphatic carbocycles. The van der Waals surface area contributed by atoms with E-state index in [2.05, 4.69) is 5.32 Å². The average molecular weight is 626 g/mol. The van der Waals surface area contributed by atoms with E-state index in [1.165, 1.54) is 18.2 Å². The zero-order valence-corrected chi connectivity index (χ0v) is 25.1. The SMILES string of the molecule is CCCN(COCNCc1ccccc1)N1CC(=O)N2[C@@H](Cc3ccc(O)cc3)C(=O)N(Cc3cccc(C(F)(F)F)c3)C[C@@H]21. The van der Waals surface area contributed by atoms with E-state index in [1.54, 1.807) is 28.0 Å². The Morgan fingerprint density at radius 2 is 1.71 bits per heavy atom. The molecule has 5 rings (SSSR count). The van der Waals surface area contributed by atoms with Gasteiger partial charge >= 0.3 is 6.18 Å². The van der Waals surface area contributed by atoms with Crippen molar-refractivity contribution < 1.29 is 32.6 Å². The standard InChI is InChI=1S/C33H38F3N5O4/c1-2-15-39(23-45-22-37-18-25-7-4-3-5-8-25)40-21-31(43)41-29(17-24-11-13-28(42)14-12-24)32(44)38(20-30(40)41)19-26-9-6-10-27(16-26)33(34,35)36/h3-14,16,29-30,37,42H,2,15,17-23H2,1H3/t29-,30+/m0/s1. The number of phenols is 1. The Morgan fingerprint density at radius 3 is 2.42 bits per heavy atom. The molecule has 0 spiro atoms. The van der Waals surface area contributed by atoms with Crippen molar-refractivity contribution in [1.29, 1.82) is 0 Å². The number of hydrogen-bond acceptors (Lipinski definition) is 7. The van der Waals surface area contributed by atoms with Crippen LogP contribution in [-0.4, -0.2) is 82.0 Å². The zero-order valence-electron chi connectivity index (χ0n) is 25.1. The quantitative estimate of drug-likeness (QED) is 0.218. The molecule has 2 aliphatic rings. The lowest BCUT2D eigenvalue weighted by Gasteiger charge is -2.46. The summed E-state index contributed by atoms with van der Waals surface area (Å²) in [6, 6.07) is 20.5. The third-order valence-corrected chi connectivity index (χ3v) is 8.02. The Labute approximate surface area is 260 Å². The molecule has 0 saturated carbocycles. The number of benzene rings is 3. The van der Waals surface area contributed by atoms with Gasteiger partial charge < -0.3 is 19.6 Å². The largest absolute Gasteiger partial charge is 0.508 e. The molecule has 2 fully saturated rings. The Morgan fingerprint density at radius 1 is 0.978 bits per heavy atom. The van der Waals surface area contributed by atoms with Gasteiger partial charge in [0.2, 0.25) is 11.8 Å². The van der Waals surface area contributed by atoms with Crippen LogP contribution in [-0.2, 0) is 40.0 Å². The first-order chi connectivity index (χ1) is 21.6. The Hall–Kier alpha value is -3.97. The highest BCUT2D eigenvalue weighted by atomic mass is 19.4. The summed E-state index contributed by atoms with van der Waals surface area (Å²) in [6.45, 7) is 3.89. The molecule has 2 amide bonds. The van der Waals surface area contributed by atoms with E-state index in [4.69, 9.17) is 4.74 Å². The van der Waals surface area contributed by atoms with E-state index >= 15 is 0 Å². The van der Waals surface area contributed by atoms with E-state index < -0.39 is 23.9 Å². The fourth-order valence-electron chi connectivity index (χ4n) is 5.89. The molecule has 3 aromatic rings. The minimum absolute atomic E-state index is 0.0329. The van der Waals surface area contributed by atoms with Gasteiger partial charge in [0.25, 0.3) is 0 Å². The smallest absolute Gasteiger partial charge is 0.416 e. The molecule has 2 saturated heterocycles. The second-order valence-electron chi connectivity index (χ2n) is 11.3. The van der Waals surface area contributed by atoms with Gasteiger partial charge in [-0.1, -0.05) is 61.5 Å². The number of ether oxygens (including phenoxy) is 1. The lowest BCUT2D eigenvalue weighted by atomic mass is 9.99. The summed E-state index contributed by atoms with van der Waals surface area (Å²) >= 11 is 0. The monoisotopic (exact) mass is 625 g/mol. The molecule has 9 nitrogen and oxygen atoms in total. The Kier molecular flexibility index (Phi) is 10.4. The van der Waals surface area contributed by atoms with Gasteiger partial charge in [0.1, 0.15) is 24.7 Å². The molecule has 0 radical (unpaired) electrons. The first-order valence-electron chi connectivity index (χ1n) is 15.0. The van der Waals surface area contributed by atoms with E-state index in [0.717, 1.165) is 29.7 Å². The molecular formula is C33H38F3N5O4. The van der Waals surface area contributed by atoms with Gasteiger partial charge in [0, 0.05) is 26.1 Å². The lowest BCUT2D eigenvalue weighted by Crippen LogP contribution is -2.65.